The zero-order valence-corrected chi connectivity index (χ0v) is 18.6. The van der Waals surface area contributed by atoms with Crippen LogP contribution in [-0.4, -0.2) is 26.4 Å². The molecule has 0 aliphatic rings. The van der Waals surface area contributed by atoms with Crippen molar-refractivity contribution in [2.45, 2.75) is 18.6 Å². The number of furan rings is 1. The van der Waals surface area contributed by atoms with E-state index in [4.69, 9.17) is 4.42 Å². The number of anilines is 1. The van der Waals surface area contributed by atoms with Gasteiger partial charge in [0.25, 0.3) is 0 Å². The third-order valence-electron chi connectivity index (χ3n) is 4.42. The fourth-order valence-electron chi connectivity index (χ4n) is 2.94. The van der Waals surface area contributed by atoms with Gasteiger partial charge in [0, 0.05) is 10.2 Å². The molecule has 152 valence electrons. The Balaban J connectivity index is 1.50. The Kier molecular flexibility index (Phi) is 6.35. The van der Waals surface area contributed by atoms with E-state index in [1.165, 1.54) is 11.8 Å². The molecule has 0 unspecified atom stereocenters. The number of nitrogens with one attached hydrogen (secondary N) is 1. The van der Waals surface area contributed by atoms with Crippen molar-refractivity contribution in [2.24, 2.45) is 0 Å². The Labute approximate surface area is 186 Å². The summed E-state index contributed by atoms with van der Waals surface area (Å²) in [6.07, 6.45) is 1.61. The molecule has 1 N–H and O–H groups in total. The van der Waals surface area contributed by atoms with Crippen LogP contribution in [0.25, 0.3) is 11.6 Å². The zero-order valence-electron chi connectivity index (χ0n) is 16.2. The molecule has 2 aromatic carbocycles. The molecule has 4 aromatic rings. The first-order valence-electron chi connectivity index (χ1n) is 9.30. The Hall–Kier alpha value is -2.84. The maximum absolute atomic E-state index is 12.5. The van der Waals surface area contributed by atoms with Crippen LogP contribution in [0.2, 0.25) is 0 Å². The average molecular weight is 483 g/mol. The number of aromatic nitrogens is 3. The minimum Gasteiger partial charge on any atom is -0.461 e. The van der Waals surface area contributed by atoms with Crippen LogP contribution in [0.4, 0.5) is 5.69 Å². The number of hydrogen-bond donors (Lipinski definition) is 1. The SMILES string of the molecule is Cc1cc(NC(=O)CSc2nnc(-c3ccco3)n2Cc2ccccc2)ccc1Br. The van der Waals surface area contributed by atoms with Crippen LogP contribution in [-0.2, 0) is 11.3 Å². The lowest BCUT2D eigenvalue weighted by Gasteiger charge is -2.10. The third kappa shape index (κ3) is 4.83. The zero-order chi connectivity index (χ0) is 20.9. The third-order valence-corrected chi connectivity index (χ3v) is 6.27. The second-order valence-corrected chi connectivity index (χ2v) is 8.45. The van der Waals surface area contributed by atoms with E-state index in [0.717, 1.165) is 21.3 Å². The second-order valence-electron chi connectivity index (χ2n) is 6.66. The van der Waals surface area contributed by atoms with Gasteiger partial charge in [-0.25, -0.2) is 0 Å². The van der Waals surface area contributed by atoms with E-state index in [2.05, 4.69) is 31.4 Å². The largest absolute Gasteiger partial charge is 0.461 e. The molecule has 8 heteroatoms. The average Bonchev–Trinajstić information content (AvgIpc) is 3.40. The first kappa shape index (κ1) is 20.4. The number of carbonyl (C=O) groups excluding carboxylic acids is 1. The highest BCUT2D eigenvalue weighted by Gasteiger charge is 2.18. The lowest BCUT2D eigenvalue weighted by atomic mass is 10.2. The molecule has 2 heterocycles. The molecule has 0 aliphatic carbocycles. The Morgan fingerprint density at radius 1 is 1.13 bits per heavy atom. The van der Waals surface area contributed by atoms with Crippen molar-refractivity contribution in [3.05, 3.63) is 82.5 Å². The molecule has 0 saturated carbocycles. The summed E-state index contributed by atoms with van der Waals surface area (Å²) in [6.45, 7) is 2.57. The molecule has 0 saturated heterocycles. The molecule has 30 heavy (non-hydrogen) atoms. The number of rotatable bonds is 7. The normalized spacial score (nSPS) is 10.9. The molecule has 2 aromatic heterocycles. The van der Waals surface area contributed by atoms with Gasteiger partial charge in [-0.1, -0.05) is 58.0 Å². The van der Waals surface area contributed by atoms with Gasteiger partial charge < -0.3 is 9.73 Å². The van der Waals surface area contributed by atoms with Gasteiger partial charge in [-0.3, -0.25) is 9.36 Å². The molecule has 4 rings (SSSR count). The fourth-order valence-corrected chi connectivity index (χ4v) is 3.93. The smallest absolute Gasteiger partial charge is 0.234 e. The topological polar surface area (TPSA) is 73.0 Å². The summed E-state index contributed by atoms with van der Waals surface area (Å²) in [4.78, 5) is 12.5. The van der Waals surface area contributed by atoms with Crippen molar-refractivity contribution in [2.75, 3.05) is 11.1 Å². The molecular formula is C22H19BrN4O2S. The van der Waals surface area contributed by atoms with E-state index in [0.29, 0.717) is 23.3 Å². The monoisotopic (exact) mass is 482 g/mol. The van der Waals surface area contributed by atoms with Crippen molar-refractivity contribution in [1.29, 1.82) is 0 Å². The predicted octanol–water partition coefficient (Wildman–Crippen LogP) is 5.39. The van der Waals surface area contributed by atoms with Crippen LogP contribution in [0.1, 0.15) is 11.1 Å². The van der Waals surface area contributed by atoms with Crippen LogP contribution in [0.15, 0.2) is 81.0 Å². The van der Waals surface area contributed by atoms with Crippen LogP contribution in [0, 0.1) is 6.92 Å². The molecule has 0 aliphatic heterocycles. The molecular weight excluding hydrogens is 464 g/mol. The number of nitrogens with zero attached hydrogens (tertiary/aromatic N) is 3. The summed E-state index contributed by atoms with van der Waals surface area (Å²) in [5, 5.41) is 12.2. The molecule has 0 spiro atoms. The van der Waals surface area contributed by atoms with Gasteiger partial charge in [-0.15, -0.1) is 10.2 Å². The van der Waals surface area contributed by atoms with Crippen LogP contribution < -0.4 is 5.32 Å². The molecule has 0 radical (unpaired) electrons. The number of carbonyl (C=O) groups is 1. The van der Waals surface area contributed by atoms with Crippen molar-refractivity contribution >= 4 is 39.3 Å². The van der Waals surface area contributed by atoms with Crippen LogP contribution in [0.5, 0.6) is 0 Å². The van der Waals surface area contributed by atoms with E-state index in [9.17, 15) is 4.79 Å². The summed E-state index contributed by atoms with van der Waals surface area (Å²) >= 11 is 4.81. The summed E-state index contributed by atoms with van der Waals surface area (Å²) in [5.74, 6) is 1.39. The van der Waals surface area contributed by atoms with Crippen LogP contribution in [0.3, 0.4) is 0 Å². The molecule has 0 bridgehead atoms. The van der Waals surface area contributed by atoms with Gasteiger partial charge in [0.15, 0.2) is 10.9 Å². The minimum absolute atomic E-state index is 0.101. The van der Waals surface area contributed by atoms with Gasteiger partial charge in [-0.05, 0) is 48.4 Å². The van der Waals surface area contributed by atoms with Gasteiger partial charge in [-0.2, -0.15) is 0 Å². The standard InChI is InChI=1S/C22H19BrN4O2S/c1-15-12-17(9-10-18(15)23)24-20(28)14-30-22-26-25-21(19-8-5-11-29-19)27(22)13-16-6-3-2-4-7-16/h2-12H,13-14H2,1H3,(H,24,28). The number of amides is 1. The molecule has 0 fully saturated rings. The lowest BCUT2D eigenvalue weighted by molar-refractivity contribution is -0.113. The first-order valence-corrected chi connectivity index (χ1v) is 11.1. The highest BCUT2D eigenvalue weighted by molar-refractivity contribution is 9.10. The Morgan fingerprint density at radius 3 is 2.70 bits per heavy atom. The fraction of sp³-hybridized carbons (Fsp3) is 0.136. The Morgan fingerprint density at radius 2 is 1.97 bits per heavy atom. The summed E-state index contributed by atoms with van der Waals surface area (Å²) < 4.78 is 8.50. The number of aryl methyl sites for hydroxylation is 1. The maximum atomic E-state index is 12.5. The highest BCUT2D eigenvalue weighted by Crippen LogP contribution is 2.26. The lowest BCUT2D eigenvalue weighted by Crippen LogP contribution is -2.15. The van der Waals surface area contributed by atoms with E-state index in [1.807, 2.05) is 72.2 Å². The molecule has 0 atom stereocenters. The molecule has 6 nitrogen and oxygen atoms in total. The molecule has 1 amide bonds. The van der Waals surface area contributed by atoms with E-state index < -0.39 is 0 Å². The van der Waals surface area contributed by atoms with Crippen molar-refractivity contribution in [1.82, 2.24) is 14.8 Å². The number of benzene rings is 2. The second kappa shape index (κ2) is 9.32. The number of thioether (sulfide) groups is 1. The number of halogens is 1. The Bertz CT molecular complexity index is 1140. The van der Waals surface area contributed by atoms with E-state index in [-0.39, 0.29) is 11.7 Å². The summed E-state index contributed by atoms with van der Waals surface area (Å²) in [7, 11) is 0. The predicted molar refractivity (Wildman–Crippen MR) is 122 cm³/mol. The maximum Gasteiger partial charge on any atom is 0.234 e. The minimum atomic E-state index is -0.101. The highest BCUT2D eigenvalue weighted by atomic mass is 79.9. The van der Waals surface area contributed by atoms with Crippen molar-refractivity contribution in [3.8, 4) is 11.6 Å². The first-order chi connectivity index (χ1) is 14.6. The number of hydrogen-bond acceptors (Lipinski definition) is 5. The van der Waals surface area contributed by atoms with E-state index >= 15 is 0 Å². The van der Waals surface area contributed by atoms with E-state index in [1.54, 1.807) is 6.26 Å². The quantitative estimate of drug-likeness (QED) is 0.357. The van der Waals surface area contributed by atoms with Gasteiger partial charge >= 0.3 is 0 Å². The van der Waals surface area contributed by atoms with Crippen molar-refractivity contribution in [3.63, 3.8) is 0 Å². The van der Waals surface area contributed by atoms with Crippen LogP contribution >= 0.6 is 27.7 Å². The summed E-state index contributed by atoms with van der Waals surface area (Å²) in [5.41, 5.74) is 2.94. The van der Waals surface area contributed by atoms with Gasteiger partial charge in [0.2, 0.25) is 11.7 Å². The van der Waals surface area contributed by atoms with Gasteiger partial charge in [0.05, 0.1) is 18.6 Å². The van der Waals surface area contributed by atoms with Crippen molar-refractivity contribution < 1.29 is 9.21 Å². The summed E-state index contributed by atoms with van der Waals surface area (Å²) in [6, 6.07) is 19.4. The van der Waals surface area contributed by atoms with Gasteiger partial charge in [0.1, 0.15) is 0 Å².